The van der Waals surface area contributed by atoms with E-state index in [1.54, 1.807) is 7.05 Å². The zero-order chi connectivity index (χ0) is 18.1. The van der Waals surface area contributed by atoms with Gasteiger partial charge in [0, 0.05) is 32.9 Å². The summed E-state index contributed by atoms with van der Waals surface area (Å²) in [7, 11) is 1.63. The molecule has 0 aliphatic rings. The van der Waals surface area contributed by atoms with Crippen LogP contribution in [0.15, 0.2) is 53.7 Å². The average molecular weight is 351 g/mol. The van der Waals surface area contributed by atoms with E-state index in [1.165, 1.54) is 12.3 Å². The van der Waals surface area contributed by atoms with Crippen LogP contribution >= 0.6 is 0 Å². The number of nitrogens with zero attached hydrogens (tertiary/aromatic N) is 2. The van der Waals surface area contributed by atoms with Gasteiger partial charge in [-0.05, 0) is 17.7 Å². The third-order valence-electron chi connectivity index (χ3n) is 3.35. The fraction of sp³-hybridized carbons (Fsp3) is 0.294. The van der Waals surface area contributed by atoms with E-state index >= 15 is 0 Å². The van der Waals surface area contributed by atoms with E-state index in [4.69, 9.17) is 0 Å². The van der Waals surface area contributed by atoms with Gasteiger partial charge >= 0.3 is 6.18 Å². The molecule has 2 rings (SSSR count). The van der Waals surface area contributed by atoms with Crippen LogP contribution in [0.5, 0.6) is 0 Å². The minimum atomic E-state index is -4.43. The largest absolute Gasteiger partial charge is 0.419 e. The number of halogens is 3. The standard InChI is InChI=1S/C17H20F3N5/c1-21-16(25-12-13-6-3-2-4-7-13)24-11-10-23-15-14(17(18,19)20)8-5-9-22-15/h2-9H,10-12H2,1H3,(H,22,23)(H2,21,24,25). The molecule has 0 aliphatic heterocycles. The molecule has 0 spiro atoms. The molecular formula is C17H20F3N5. The molecule has 1 aromatic carbocycles. The fourth-order valence-electron chi connectivity index (χ4n) is 2.14. The Bertz CT molecular complexity index is 686. The summed E-state index contributed by atoms with van der Waals surface area (Å²) in [5.41, 5.74) is 0.327. The third-order valence-corrected chi connectivity index (χ3v) is 3.35. The van der Waals surface area contributed by atoms with Crippen molar-refractivity contribution in [2.24, 2.45) is 4.99 Å². The van der Waals surface area contributed by atoms with Crippen molar-refractivity contribution >= 4 is 11.8 Å². The van der Waals surface area contributed by atoms with Gasteiger partial charge in [0.15, 0.2) is 5.96 Å². The topological polar surface area (TPSA) is 61.3 Å². The molecule has 0 saturated carbocycles. The first kappa shape index (κ1) is 18.6. The van der Waals surface area contributed by atoms with E-state index in [2.05, 4.69) is 25.9 Å². The van der Waals surface area contributed by atoms with E-state index in [9.17, 15) is 13.2 Å². The van der Waals surface area contributed by atoms with Crippen molar-refractivity contribution < 1.29 is 13.2 Å². The van der Waals surface area contributed by atoms with Crippen LogP contribution in [0, 0.1) is 0 Å². The van der Waals surface area contributed by atoms with Crippen LogP contribution in [0.4, 0.5) is 19.0 Å². The van der Waals surface area contributed by atoms with Gasteiger partial charge < -0.3 is 16.0 Å². The average Bonchev–Trinajstić information content (AvgIpc) is 2.61. The molecule has 5 nitrogen and oxygen atoms in total. The zero-order valence-electron chi connectivity index (χ0n) is 13.8. The number of nitrogens with one attached hydrogen (secondary N) is 3. The Labute approximate surface area is 144 Å². The van der Waals surface area contributed by atoms with Gasteiger partial charge in [0.1, 0.15) is 5.82 Å². The maximum atomic E-state index is 12.9. The third kappa shape index (κ3) is 5.98. The predicted octanol–water partition coefficient (Wildman–Crippen LogP) is 2.88. The normalized spacial score (nSPS) is 11.9. The van der Waals surface area contributed by atoms with Gasteiger partial charge in [0.2, 0.25) is 0 Å². The van der Waals surface area contributed by atoms with Crippen LogP contribution in [-0.2, 0) is 12.7 Å². The lowest BCUT2D eigenvalue weighted by Crippen LogP contribution is -2.39. The smallest absolute Gasteiger partial charge is 0.368 e. The lowest BCUT2D eigenvalue weighted by Gasteiger charge is -2.15. The van der Waals surface area contributed by atoms with E-state index < -0.39 is 11.7 Å². The maximum absolute atomic E-state index is 12.9. The Morgan fingerprint density at radius 1 is 1.04 bits per heavy atom. The number of guanidine groups is 1. The number of hydrogen-bond acceptors (Lipinski definition) is 3. The van der Waals surface area contributed by atoms with Crippen LogP contribution in [0.1, 0.15) is 11.1 Å². The Hall–Kier alpha value is -2.77. The quantitative estimate of drug-likeness (QED) is 0.425. The molecule has 0 amide bonds. The van der Waals surface area contributed by atoms with Crippen LogP contribution in [-0.4, -0.2) is 31.1 Å². The van der Waals surface area contributed by atoms with Crippen molar-refractivity contribution in [3.05, 3.63) is 59.8 Å². The number of alkyl halides is 3. The van der Waals surface area contributed by atoms with E-state index in [0.717, 1.165) is 11.6 Å². The second-order valence-electron chi connectivity index (χ2n) is 5.16. The Kier molecular flexibility index (Phi) is 6.62. The van der Waals surface area contributed by atoms with Crippen LogP contribution < -0.4 is 16.0 Å². The second kappa shape index (κ2) is 8.91. The molecule has 25 heavy (non-hydrogen) atoms. The minimum absolute atomic E-state index is 0.177. The molecule has 0 aliphatic carbocycles. The molecule has 0 bridgehead atoms. The van der Waals surface area contributed by atoms with Crippen molar-refractivity contribution in [3.8, 4) is 0 Å². The highest BCUT2D eigenvalue weighted by molar-refractivity contribution is 5.79. The number of aliphatic imine (C=N–C) groups is 1. The highest BCUT2D eigenvalue weighted by atomic mass is 19.4. The summed E-state index contributed by atoms with van der Waals surface area (Å²) in [5.74, 6) is 0.395. The summed E-state index contributed by atoms with van der Waals surface area (Å²) < 4.78 is 38.6. The lowest BCUT2D eigenvalue weighted by molar-refractivity contribution is -0.137. The number of aromatic nitrogens is 1. The first-order chi connectivity index (χ1) is 12.0. The van der Waals surface area contributed by atoms with E-state index in [0.29, 0.717) is 19.0 Å². The van der Waals surface area contributed by atoms with Gasteiger partial charge in [-0.25, -0.2) is 4.98 Å². The highest BCUT2D eigenvalue weighted by Crippen LogP contribution is 2.33. The molecule has 0 unspecified atom stereocenters. The maximum Gasteiger partial charge on any atom is 0.419 e. The highest BCUT2D eigenvalue weighted by Gasteiger charge is 2.33. The van der Waals surface area contributed by atoms with Crippen molar-refractivity contribution in [2.75, 3.05) is 25.5 Å². The number of pyridine rings is 1. The van der Waals surface area contributed by atoms with Gasteiger partial charge in [0.05, 0.1) is 5.56 Å². The number of rotatable bonds is 6. The summed E-state index contributed by atoms with van der Waals surface area (Å²) in [6, 6.07) is 12.1. The summed E-state index contributed by atoms with van der Waals surface area (Å²) in [5, 5.41) is 8.87. The van der Waals surface area contributed by atoms with E-state index in [1.807, 2.05) is 30.3 Å². The summed E-state index contributed by atoms with van der Waals surface area (Å²) in [4.78, 5) is 7.83. The van der Waals surface area contributed by atoms with Crippen molar-refractivity contribution in [2.45, 2.75) is 12.7 Å². The number of anilines is 1. The molecule has 8 heteroatoms. The summed E-state index contributed by atoms with van der Waals surface area (Å²) in [6.45, 7) is 1.26. The molecular weight excluding hydrogens is 331 g/mol. The Morgan fingerprint density at radius 3 is 2.48 bits per heavy atom. The minimum Gasteiger partial charge on any atom is -0.368 e. The predicted molar refractivity (Wildman–Crippen MR) is 92.4 cm³/mol. The van der Waals surface area contributed by atoms with Crippen molar-refractivity contribution in [1.29, 1.82) is 0 Å². The van der Waals surface area contributed by atoms with E-state index in [-0.39, 0.29) is 12.4 Å². The first-order valence-electron chi connectivity index (χ1n) is 7.75. The van der Waals surface area contributed by atoms with Crippen molar-refractivity contribution in [3.63, 3.8) is 0 Å². The molecule has 0 radical (unpaired) electrons. The molecule has 0 fully saturated rings. The van der Waals surface area contributed by atoms with Gasteiger partial charge in [-0.2, -0.15) is 13.2 Å². The SMILES string of the molecule is CN=C(NCCNc1ncccc1C(F)(F)F)NCc1ccccc1. The molecule has 3 N–H and O–H groups in total. The van der Waals surface area contributed by atoms with Crippen LogP contribution in [0.3, 0.4) is 0 Å². The lowest BCUT2D eigenvalue weighted by atomic mass is 10.2. The fourth-order valence-corrected chi connectivity index (χ4v) is 2.14. The van der Waals surface area contributed by atoms with Gasteiger partial charge in [-0.1, -0.05) is 30.3 Å². The number of benzene rings is 1. The summed E-state index contributed by atoms with van der Waals surface area (Å²) >= 11 is 0. The Balaban J connectivity index is 1.78. The first-order valence-corrected chi connectivity index (χ1v) is 7.75. The van der Waals surface area contributed by atoms with Crippen LogP contribution in [0.2, 0.25) is 0 Å². The number of hydrogen-bond donors (Lipinski definition) is 3. The molecule has 1 aromatic heterocycles. The second-order valence-corrected chi connectivity index (χ2v) is 5.16. The van der Waals surface area contributed by atoms with Crippen LogP contribution in [0.25, 0.3) is 0 Å². The molecule has 0 atom stereocenters. The molecule has 0 saturated heterocycles. The molecule has 1 heterocycles. The monoisotopic (exact) mass is 351 g/mol. The van der Waals surface area contributed by atoms with Crippen molar-refractivity contribution in [1.82, 2.24) is 15.6 Å². The summed E-state index contributed by atoms with van der Waals surface area (Å²) in [6.07, 6.45) is -3.11. The molecule has 2 aromatic rings. The van der Waals surface area contributed by atoms with Gasteiger partial charge in [0.25, 0.3) is 0 Å². The Morgan fingerprint density at radius 2 is 1.80 bits per heavy atom. The van der Waals surface area contributed by atoms with Gasteiger partial charge in [-0.15, -0.1) is 0 Å². The van der Waals surface area contributed by atoms with Gasteiger partial charge in [-0.3, -0.25) is 4.99 Å². The zero-order valence-corrected chi connectivity index (χ0v) is 13.8. The molecule has 134 valence electrons.